The van der Waals surface area contributed by atoms with E-state index in [1.807, 2.05) is 0 Å². The standard InChI is InChI=1S/C11H16FN3O/c12-8-3-4-10(14)9(7-8)11(16)15-6-2-1-5-13/h3-4,7H,1-2,5-6,13-14H2,(H,15,16). The van der Waals surface area contributed by atoms with E-state index in [9.17, 15) is 9.18 Å². The van der Waals surface area contributed by atoms with E-state index in [1.54, 1.807) is 0 Å². The molecule has 88 valence electrons. The van der Waals surface area contributed by atoms with Crippen LogP contribution in [-0.4, -0.2) is 19.0 Å². The number of benzene rings is 1. The van der Waals surface area contributed by atoms with Crippen LogP contribution in [0.5, 0.6) is 0 Å². The molecule has 1 rings (SSSR count). The first-order chi connectivity index (χ1) is 7.65. The van der Waals surface area contributed by atoms with Crippen LogP contribution in [0, 0.1) is 5.82 Å². The molecule has 0 spiro atoms. The molecule has 0 atom stereocenters. The Morgan fingerprint density at radius 3 is 2.81 bits per heavy atom. The molecule has 1 amide bonds. The second-order valence-electron chi connectivity index (χ2n) is 3.48. The predicted octanol–water partition coefficient (Wildman–Crippen LogP) is 0.877. The lowest BCUT2D eigenvalue weighted by Crippen LogP contribution is -2.25. The molecule has 0 aliphatic heterocycles. The Balaban J connectivity index is 2.55. The minimum absolute atomic E-state index is 0.174. The summed E-state index contributed by atoms with van der Waals surface area (Å²) >= 11 is 0. The third-order valence-electron chi connectivity index (χ3n) is 2.18. The van der Waals surface area contributed by atoms with E-state index in [-0.39, 0.29) is 17.2 Å². The fourth-order valence-corrected chi connectivity index (χ4v) is 1.29. The number of amides is 1. The van der Waals surface area contributed by atoms with Gasteiger partial charge in [0.15, 0.2) is 0 Å². The van der Waals surface area contributed by atoms with Gasteiger partial charge in [-0.3, -0.25) is 4.79 Å². The Labute approximate surface area is 93.8 Å². The van der Waals surface area contributed by atoms with Crippen LogP contribution in [-0.2, 0) is 0 Å². The van der Waals surface area contributed by atoms with E-state index in [2.05, 4.69) is 5.32 Å². The number of hydrogen-bond donors (Lipinski definition) is 3. The lowest BCUT2D eigenvalue weighted by molar-refractivity contribution is 0.0953. The summed E-state index contributed by atoms with van der Waals surface area (Å²) in [6, 6.07) is 3.73. The maximum absolute atomic E-state index is 12.9. The number of hydrogen-bond acceptors (Lipinski definition) is 3. The van der Waals surface area contributed by atoms with Crippen molar-refractivity contribution in [2.24, 2.45) is 5.73 Å². The van der Waals surface area contributed by atoms with Crippen LogP contribution in [0.4, 0.5) is 10.1 Å². The highest BCUT2D eigenvalue weighted by Gasteiger charge is 2.09. The number of rotatable bonds is 5. The SMILES string of the molecule is NCCCCNC(=O)c1cc(F)ccc1N. The van der Waals surface area contributed by atoms with Gasteiger partial charge in [0, 0.05) is 12.2 Å². The van der Waals surface area contributed by atoms with Crippen LogP contribution in [0.25, 0.3) is 0 Å². The topological polar surface area (TPSA) is 81.1 Å². The summed E-state index contributed by atoms with van der Waals surface area (Å²) < 4.78 is 12.9. The Morgan fingerprint density at radius 1 is 1.38 bits per heavy atom. The zero-order valence-electron chi connectivity index (χ0n) is 9.00. The highest BCUT2D eigenvalue weighted by Crippen LogP contribution is 2.12. The molecule has 0 unspecified atom stereocenters. The van der Waals surface area contributed by atoms with Crippen LogP contribution in [0.2, 0.25) is 0 Å². The molecule has 4 nitrogen and oxygen atoms in total. The monoisotopic (exact) mass is 225 g/mol. The van der Waals surface area contributed by atoms with Gasteiger partial charge < -0.3 is 16.8 Å². The second-order valence-corrected chi connectivity index (χ2v) is 3.48. The van der Waals surface area contributed by atoms with Gasteiger partial charge in [0.1, 0.15) is 5.82 Å². The maximum Gasteiger partial charge on any atom is 0.253 e. The van der Waals surface area contributed by atoms with Gasteiger partial charge in [-0.25, -0.2) is 4.39 Å². The molecule has 5 heteroatoms. The van der Waals surface area contributed by atoms with E-state index < -0.39 is 5.82 Å². The molecular weight excluding hydrogens is 209 g/mol. The third-order valence-corrected chi connectivity index (χ3v) is 2.18. The minimum atomic E-state index is -0.471. The van der Waals surface area contributed by atoms with Crippen LogP contribution < -0.4 is 16.8 Å². The molecule has 0 heterocycles. The third kappa shape index (κ3) is 3.51. The minimum Gasteiger partial charge on any atom is -0.398 e. The first-order valence-corrected chi connectivity index (χ1v) is 5.18. The summed E-state index contributed by atoms with van der Waals surface area (Å²) in [5.41, 5.74) is 11.3. The highest BCUT2D eigenvalue weighted by molar-refractivity contribution is 5.99. The maximum atomic E-state index is 12.9. The Bertz CT molecular complexity index is 368. The van der Waals surface area contributed by atoms with Crippen molar-refractivity contribution < 1.29 is 9.18 Å². The van der Waals surface area contributed by atoms with Gasteiger partial charge in [-0.1, -0.05) is 0 Å². The fourth-order valence-electron chi connectivity index (χ4n) is 1.29. The Morgan fingerprint density at radius 2 is 2.12 bits per heavy atom. The first-order valence-electron chi connectivity index (χ1n) is 5.18. The molecule has 5 N–H and O–H groups in total. The summed E-state index contributed by atoms with van der Waals surface area (Å²) in [7, 11) is 0. The van der Waals surface area contributed by atoms with Gasteiger partial charge >= 0.3 is 0 Å². The molecule has 0 saturated carbocycles. The molecule has 0 radical (unpaired) electrons. The van der Waals surface area contributed by atoms with E-state index in [4.69, 9.17) is 11.5 Å². The Hall–Kier alpha value is -1.62. The Kier molecular flexibility index (Phi) is 4.72. The van der Waals surface area contributed by atoms with E-state index in [0.29, 0.717) is 13.1 Å². The van der Waals surface area contributed by atoms with Crippen molar-refractivity contribution in [1.82, 2.24) is 5.32 Å². The van der Waals surface area contributed by atoms with Crippen molar-refractivity contribution in [3.8, 4) is 0 Å². The van der Waals surface area contributed by atoms with Crippen LogP contribution >= 0.6 is 0 Å². The average molecular weight is 225 g/mol. The van der Waals surface area contributed by atoms with Crippen LogP contribution in [0.3, 0.4) is 0 Å². The first kappa shape index (κ1) is 12.4. The van der Waals surface area contributed by atoms with E-state index in [1.165, 1.54) is 12.1 Å². The number of nitrogens with two attached hydrogens (primary N) is 2. The second kappa shape index (κ2) is 6.07. The predicted molar refractivity (Wildman–Crippen MR) is 61.4 cm³/mol. The van der Waals surface area contributed by atoms with Crippen molar-refractivity contribution in [2.45, 2.75) is 12.8 Å². The number of anilines is 1. The summed E-state index contributed by atoms with van der Waals surface area (Å²) in [4.78, 5) is 11.6. The molecule has 0 aliphatic carbocycles. The van der Waals surface area contributed by atoms with Gasteiger partial charge in [0.2, 0.25) is 0 Å². The zero-order valence-corrected chi connectivity index (χ0v) is 9.00. The van der Waals surface area contributed by atoms with Crippen molar-refractivity contribution in [3.05, 3.63) is 29.6 Å². The van der Waals surface area contributed by atoms with Crippen LogP contribution in [0.1, 0.15) is 23.2 Å². The van der Waals surface area contributed by atoms with Crippen molar-refractivity contribution in [3.63, 3.8) is 0 Å². The van der Waals surface area contributed by atoms with E-state index >= 15 is 0 Å². The van der Waals surface area contributed by atoms with Gasteiger partial charge in [0.05, 0.1) is 5.56 Å². The number of halogens is 1. The number of carbonyl (C=O) groups is 1. The average Bonchev–Trinajstić information content (AvgIpc) is 2.27. The van der Waals surface area contributed by atoms with Crippen molar-refractivity contribution in [2.75, 3.05) is 18.8 Å². The molecule has 16 heavy (non-hydrogen) atoms. The lowest BCUT2D eigenvalue weighted by Gasteiger charge is -2.07. The molecule has 0 bridgehead atoms. The molecule has 0 fully saturated rings. The fraction of sp³-hybridized carbons (Fsp3) is 0.364. The smallest absolute Gasteiger partial charge is 0.253 e. The summed E-state index contributed by atoms with van der Waals surface area (Å²) in [6.45, 7) is 1.12. The number of nitrogens with one attached hydrogen (secondary N) is 1. The van der Waals surface area contributed by atoms with Gasteiger partial charge in [0.25, 0.3) is 5.91 Å². The molecular formula is C11H16FN3O. The molecule has 1 aromatic carbocycles. The molecule has 0 aromatic heterocycles. The largest absolute Gasteiger partial charge is 0.398 e. The quantitative estimate of drug-likeness (QED) is 0.514. The number of carbonyl (C=O) groups excluding carboxylic acids is 1. The van der Waals surface area contributed by atoms with E-state index in [0.717, 1.165) is 18.9 Å². The molecule has 1 aromatic rings. The highest BCUT2D eigenvalue weighted by atomic mass is 19.1. The number of nitrogen functional groups attached to an aromatic ring is 1. The normalized spacial score (nSPS) is 10.1. The lowest BCUT2D eigenvalue weighted by atomic mass is 10.1. The van der Waals surface area contributed by atoms with Gasteiger partial charge in [-0.2, -0.15) is 0 Å². The summed E-state index contributed by atoms with van der Waals surface area (Å²) in [6.07, 6.45) is 1.65. The zero-order chi connectivity index (χ0) is 12.0. The number of unbranched alkanes of at least 4 members (excludes halogenated alkanes) is 1. The van der Waals surface area contributed by atoms with Crippen molar-refractivity contribution >= 4 is 11.6 Å². The van der Waals surface area contributed by atoms with Crippen LogP contribution in [0.15, 0.2) is 18.2 Å². The summed E-state index contributed by atoms with van der Waals surface area (Å²) in [5, 5.41) is 2.66. The summed E-state index contributed by atoms with van der Waals surface area (Å²) in [5.74, 6) is -0.824. The van der Waals surface area contributed by atoms with Gasteiger partial charge in [-0.15, -0.1) is 0 Å². The molecule has 0 saturated heterocycles. The van der Waals surface area contributed by atoms with Crippen molar-refractivity contribution in [1.29, 1.82) is 0 Å². The van der Waals surface area contributed by atoms with Gasteiger partial charge in [-0.05, 0) is 37.6 Å². The molecule has 0 aliphatic rings.